The molecule has 204 valence electrons. The lowest BCUT2D eigenvalue weighted by atomic mass is 9.94. The second-order valence-corrected chi connectivity index (χ2v) is 9.61. The lowest BCUT2D eigenvalue weighted by molar-refractivity contribution is -0.140. The number of halogens is 1. The van der Waals surface area contributed by atoms with E-state index in [4.69, 9.17) is 30.5 Å². The first-order valence-corrected chi connectivity index (χ1v) is 12.7. The Hall–Kier alpha value is -4.17. The van der Waals surface area contributed by atoms with Crippen molar-refractivity contribution in [2.24, 2.45) is 0 Å². The second-order valence-electron chi connectivity index (χ2n) is 9.20. The zero-order chi connectivity index (χ0) is 28.3. The van der Waals surface area contributed by atoms with Gasteiger partial charge in [0, 0.05) is 12.6 Å². The van der Waals surface area contributed by atoms with Crippen molar-refractivity contribution in [3.63, 3.8) is 0 Å². The van der Waals surface area contributed by atoms with E-state index in [0.29, 0.717) is 22.8 Å². The van der Waals surface area contributed by atoms with E-state index in [2.05, 4.69) is 0 Å². The predicted molar refractivity (Wildman–Crippen MR) is 148 cm³/mol. The van der Waals surface area contributed by atoms with Gasteiger partial charge in [0.25, 0.3) is 11.7 Å². The maximum absolute atomic E-state index is 13.5. The molecule has 0 bridgehead atoms. The van der Waals surface area contributed by atoms with E-state index < -0.39 is 23.5 Å². The molecular formula is C30H30ClNO7. The summed E-state index contributed by atoms with van der Waals surface area (Å²) in [6.45, 7) is 3.93. The summed E-state index contributed by atoms with van der Waals surface area (Å²) in [5, 5.41) is 11.8. The van der Waals surface area contributed by atoms with Gasteiger partial charge in [0.2, 0.25) is 0 Å². The maximum Gasteiger partial charge on any atom is 0.295 e. The Labute approximate surface area is 232 Å². The summed E-state index contributed by atoms with van der Waals surface area (Å²) in [6.07, 6.45) is -0.0865. The van der Waals surface area contributed by atoms with Crippen LogP contribution in [0.3, 0.4) is 0 Å². The first-order valence-electron chi connectivity index (χ1n) is 12.3. The SMILES string of the molecule is COc1ccc(CN2C(=O)C(=O)/C(=C(/O)c3cc(Cl)c(OC)cc3OC)C2c2cccc(OC(C)C)c2)cc1. The molecular weight excluding hydrogens is 522 g/mol. The zero-order valence-electron chi connectivity index (χ0n) is 22.4. The number of nitrogens with zero attached hydrogens (tertiary/aromatic N) is 1. The van der Waals surface area contributed by atoms with Crippen LogP contribution < -0.4 is 18.9 Å². The van der Waals surface area contributed by atoms with Gasteiger partial charge in [-0.3, -0.25) is 9.59 Å². The predicted octanol–water partition coefficient (Wildman–Crippen LogP) is 5.77. The average Bonchev–Trinajstić information content (AvgIpc) is 3.17. The Kier molecular flexibility index (Phi) is 8.35. The molecule has 1 saturated heterocycles. The van der Waals surface area contributed by atoms with Crippen LogP contribution in [0.25, 0.3) is 5.76 Å². The molecule has 4 rings (SSSR count). The van der Waals surface area contributed by atoms with Crippen molar-refractivity contribution in [3.8, 4) is 23.0 Å². The highest BCUT2D eigenvalue weighted by Gasteiger charge is 2.46. The van der Waals surface area contributed by atoms with Crippen molar-refractivity contribution >= 4 is 29.1 Å². The molecule has 1 amide bonds. The Bertz CT molecular complexity index is 1420. The fourth-order valence-electron chi connectivity index (χ4n) is 4.54. The Morgan fingerprint density at radius 2 is 1.62 bits per heavy atom. The van der Waals surface area contributed by atoms with E-state index in [1.807, 2.05) is 26.0 Å². The van der Waals surface area contributed by atoms with E-state index in [1.165, 1.54) is 31.3 Å². The summed E-state index contributed by atoms with van der Waals surface area (Å²) in [6, 6.07) is 16.4. The number of hydrogen-bond acceptors (Lipinski definition) is 7. The Morgan fingerprint density at radius 3 is 2.23 bits per heavy atom. The third-order valence-corrected chi connectivity index (χ3v) is 6.62. The van der Waals surface area contributed by atoms with Crippen LogP contribution in [0.15, 0.2) is 66.2 Å². The summed E-state index contributed by atoms with van der Waals surface area (Å²) in [5.74, 6) is -0.179. The summed E-state index contributed by atoms with van der Waals surface area (Å²) in [7, 11) is 4.45. The average molecular weight is 552 g/mol. The highest BCUT2D eigenvalue weighted by molar-refractivity contribution is 6.46. The summed E-state index contributed by atoms with van der Waals surface area (Å²) in [4.78, 5) is 28.4. The fourth-order valence-corrected chi connectivity index (χ4v) is 4.78. The summed E-state index contributed by atoms with van der Waals surface area (Å²) < 4.78 is 21.8. The van der Waals surface area contributed by atoms with Crippen LogP contribution in [0.1, 0.15) is 36.6 Å². The van der Waals surface area contributed by atoms with E-state index in [1.54, 1.807) is 43.5 Å². The fraction of sp³-hybridized carbons (Fsp3) is 0.267. The van der Waals surface area contributed by atoms with Crippen molar-refractivity contribution in [2.45, 2.75) is 32.5 Å². The number of hydrogen-bond donors (Lipinski definition) is 1. The number of rotatable bonds is 9. The molecule has 0 spiro atoms. The van der Waals surface area contributed by atoms with Gasteiger partial charge in [-0.25, -0.2) is 0 Å². The monoisotopic (exact) mass is 551 g/mol. The normalized spacial score (nSPS) is 16.5. The summed E-state index contributed by atoms with van der Waals surface area (Å²) >= 11 is 6.35. The van der Waals surface area contributed by atoms with Crippen LogP contribution in [-0.2, 0) is 16.1 Å². The van der Waals surface area contributed by atoms with Gasteiger partial charge in [0.05, 0.1) is 49.6 Å². The van der Waals surface area contributed by atoms with Crippen LogP contribution in [0.4, 0.5) is 0 Å². The molecule has 1 aliphatic heterocycles. The van der Waals surface area contributed by atoms with Gasteiger partial charge in [0.1, 0.15) is 28.8 Å². The van der Waals surface area contributed by atoms with Crippen LogP contribution in [0.5, 0.6) is 23.0 Å². The minimum absolute atomic E-state index is 0.0865. The number of Topliss-reactive ketones (excluding diaryl/α,β-unsaturated/α-hetero) is 1. The molecule has 1 N–H and O–H groups in total. The van der Waals surface area contributed by atoms with E-state index >= 15 is 0 Å². The minimum atomic E-state index is -0.909. The standard InChI is InChI=1S/C30H30ClNO7/c1-17(2)39-21-8-6-7-19(13-21)27-26(28(33)22-14-23(31)25(38-5)15-24(22)37-4)29(34)30(35)32(27)16-18-9-11-20(36-3)12-10-18/h6-15,17,27,33H,16H2,1-5H3/b28-26+. The Balaban J connectivity index is 1.90. The van der Waals surface area contributed by atoms with Gasteiger partial charge in [-0.1, -0.05) is 35.9 Å². The van der Waals surface area contributed by atoms with Crippen LogP contribution >= 0.6 is 11.6 Å². The minimum Gasteiger partial charge on any atom is -0.507 e. The quantitative estimate of drug-likeness (QED) is 0.205. The van der Waals surface area contributed by atoms with Crippen molar-refractivity contribution < 1.29 is 33.6 Å². The zero-order valence-corrected chi connectivity index (χ0v) is 23.1. The number of ether oxygens (including phenoxy) is 4. The van der Waals surface area contributed by atoms with Gasteiger partial charge >= 0.3 is 0 Å². The molecule has 39 heavy (non-hydrogen) atoms. The highest BCUT2D eigenvalue weighted by atomic mass is 35.5. The molecule has 3 aromatic carbocycles. The number of aliphatic hydroxyl groups is 1. The molecule has 1 heterocycles. The van der Waals surface area contributed by atoms with Gasteiger partial charge in [-0.15, -0.1) is 0 Å². The third kappa shape index (κ3) is 5.66. The molecule has 0 aromatic heterocycles. The number of carbonyl (C=O) groups is 2. The smallest absolute Gasteiger partial charge is 0.295 e. The lowest BCUT2D eigenvalue weighted by Gasteiger charge is -2.26. The van der Waals surface area contributed by atoms with E-state index in [0.717, 1.165) is 5.56 Å². The number of likely N-dealkylation sites (tertiary alicyclic amines) is 1. The number of carbonyl (C=O) groups excluding carboxylic acids is 2. The number of benzene rings is 3. The first-order chi connectivity index (χ1) is 18.7. The maximum atomic E-state index is 13.5. The largest absolute Gasteiger partial charge is 0.507 e. The molecule has 9 heteroatoms. The molecule has 1 fully saturated rings. The Morgan fingerprint density at radius 1 is 0.923 bits per heavy atom. The number of aliphatic hydroxyl groups excluding tert-OH is 1. The van der Waals surface area contributed by atoms with Crippen molar-refractivity contribution in [2.75, 3.05) is 21.3 Å². The van der Waals surface area contributed by atoms with Crippen LogP contribution in [0.2, 0.25) is 5.02 Å². The molecule has 0 saturated carbocycles. The van der Waals surface area contributed by atoms with Crippen molar-refractivity contribution in [3.05, 3.63) is 87.9 Å². The number of amides is 1. The third-order valence-electron chi connectivity index (χ3n) is 6.33. The second kappa shape index (κ2) is 11.7. The topological polar surface area (TPSA) is 94.5 Å². The molecule has 1 unspecified atom stereocenters. The van der Waals surface area contributed by atoms with Crippen LogP contribution in [-0.4, -0.2) is 49.1 Å². The van der Waals surface area contributed by atoms with Gasteiger partial charge in [-0.2, -0.15) is 0 Å². The highest BCUT2D eigenvalue weighted by Crippen LogP contribution is 2.44. The number of ketones is 1. The van der Waals surface area contributed by atoms with Crippen molar-refractivity contribution in [1.82, 2.24) is 4.90 Å². The first kappa shape index (κ1) is 27.9. The molecule has 0 radical (unpaired) electrons. The number of methoxy groups -OCH3 is 3. The molecule has 0 aliphatic carbocycles. The van der Waals surface area contributed by atoms with Gasteiger partial charge in [-0.05, 0) is 55.3 Å². The molecule has 3 aromatic rings. The summed E-state index contributed by atoms with van der Waals surface area (Å²) in [5.41, 5.74) is 1.45. The van der Waals surface area contributed by atoms with E-state index in [-0.39, 0.29) is 34.6 Å². The van der Waals surface area contributed by atoms with Crippen molar-refractivity contribution in [1.29, 1.82) is 0 Å². The molecule has 8 nitrogen and oxygen atoms in total. The lowest BCUT2D eigenvalue weighted by Crippen LogP contribution is -2.29. The van der Waals surface area contributed by atoms with Gasteiger partial charge in [0.15, 0.2) is 0 Å². The van der Waals surface area contributed by atoms with Crippen LogP contribution in [0, 0.1) is 0 Å². The molecule has 1 aliphatic rings. The van der Waals surface area contributed by atoms with Gasteiger partial charge < -0.3 is 29.0 Å². The molecule has 1 atom stereocenters. The van der Waals surface area contributed by atoms with E-state index in [9.17, 15) is 14.7 Å².